The molecule has 0 bridgehead atoms. The average molecular weight is 654 g/mol. The van der Waals surface area contributed by atoms with Crippen LogP contribution < -0.4 is 15.0 Å². The zero-order valence-electron chi connectivity index (χ0n) is 22.0. The molecule has 21 heteroatoms. The molecule has 246 valence electrons. The Balaban J connectivity index is 0.000000379. The van der Waals surface area contributed by atoms with Crippen molar-refractivity contribution in [3.05, 3.63) is 36.0 Å². The van der Waals surface area contributed by atoms with Gasteiger partial charge in [0.25, 0.3) is 0 Å². The molecule has 0 atom stereocenters. The number of rotatable bonds is 2. The van der Waals surface area contributed by atoms with Crippen LogP contribution in [0.2, 0.25) is 0 Å². The zero-order valence-corrected chi connectivity index (χ0v) is 22.0. The van der Waals surface area contributed by atoms with Gasteiger partial charge in [0.05, 0.1) is 18.9 Å². The molecule has 1 fully saturated rings. The molecule has 2 aromatic heterocycles. The molecule has 0 aliphatic carbocycles. The van der Waals surface area contributed by atoms with Crippen molar-refractivity contribution in [1.82, 2.24) is 15.3 Å². The summed E-state index contributed by atoms with van der Waals surface area (Å²) in [5.41, 5.74) is 3.00. The maximum atomic E-state index is 10.6. The number of hydrogen-bond acceptors (Lipinski definition) is 9. The Kier molecular flexibility index (Phi) is 14.1. The Bertz CT molecular complexity index is 1180. The van der Waals surface area contributed by atoms with Crippen LogP contribution in [0, 0.1) is 0 Å². The Morgan fingerprint density at radius 1 is 0.773 bits per heavy atom. The van der Waals surface area contributed by atoms with E-state index in [1.165, 1.54) is 0 Å². The van der Waals surface area contributed by atoms with Crippen molar-refractivity contribution < 1.29 is 78.7 Å². The number of aromatic nitrogens is 2. The third-order valence-corrected chi connectivity index (χ3v) is 4.88. The fourth-order valence-electron chi connectivity index (χ4n) is 2.85. The molecule has 44 heavy (non-hydrogen) atoms. The van der Waals surface area contributed by atoms with E-state index < -0.39 is 36.4 Å². The number of nitrogens with zero attached hydrogens (tertiary/aromatic N) is 3. The Morgan fingerprint density at radius 3 is 1.70 bits per heavy atom. The van der Waals surface area contributed by atoms with Crippen LogP contribution in [0.4, 0.5) is 45.3 Å². The van der Waals surface area contributed by atoms with E-state index >= 15 is 0 Å². The average Bonchev–Trinajstić information content (AvgIpc) is 3.18. The minimum Gasteiger partial charge on any atom is -0.476 e. The summed E-state index contributed by atoms with van der Waals surface area (Å²) in [6.45, 7) is 5.62. The number of anilines is 1. The van der Waals surface area contributed by atoms with E-state index in [1.54, 1.807) is 0 Å². The first-order chi connectivity index (χ1) is 20.2. The molecule has 4 rings (SSSR count). The number of carboxylic acid groups (broad SMARTS) is 3. The van der Waals surface area contributed by atoms with Gasteiger partial charge in [-0.25, -0.2) is 24.4 Å². The Labute approximate surface area is 241 Å². The first-order valence-electron chi connectivity index (χ1n) is 11.8. The molecule has 0 spiro atoms. The lowest BCUT2D eigenvalue weighted by atomic mass is 10.1. The number of aliphatic carboxylic acids is 3. The van der Waals surface area contributed by atoms with Crippen molar-refractivity contribution in [2.24, 2.45) is 0 Å². The molecule has 0 amide bonds. The molecule has 0 saturated carbocycles. The monoisotopic (exact) mass is 654 g/mol. The second-order valence-corrected chi connectivity index (χ2v) is 8.10. The van der Waals surface area contributed by atoms with Crippen LogP contribution in [-0.4, -0.2) is 101 Å². The minimum absolute atomic E-state index is 0.650. The molecule has 1 saturated heterocycles. The molecule has 2 aliphatic rings. The first-order valence-corrected chi connectivity index (χ1v) is 11.8. The largest absolute Gasteiger partial charge is 0.490 e. The normalized spacial score (nSPS) is 14.8. The van der Waals surface area contributed by atoms with Crippen molar-refractivity contribution in [3.63, 3.8) is 0 Å². The molecule has 0 unspecified atom stereocenters. The lowest BCUT2D eigenvalue weighted by Crippen LogP contribution is -2.36. The van der Waals surface area contributed by atoms with E-state index in [9.17, 15) is 39.5 Å². The van der Waals surface area contributed by atoms with Gasteiger partial charge in [0.2, 0.25) is 5.88 Å². The van der Waals surface area contributed by atoms with Gasteiger partial charge < -0.3 is 35.0 Å². The summed E-state index contributed by atoms with van der Waals surface area (Å²) in [7, 11) is 0. The number of hydrogen-bond donors (Lipinski definition) is 4. The predicted octanol–water partition coefficient (Wildman–Crippen LogP) is 3.36. The van der Waals surface area contributed by atoms with Gasteiger partial charge in [-0.1, -0.05) is 6.07 Å². The molecular formula is C23H23F9N4O8. The van der Waals surface area contributed by atoms with Gasteiger partial charge in [0.15, 0.2) is 0 Å². The van der Waals surface area contributed by atoms with E-state index in [1.807, 2.05) is 12.3 Å². The molecule has 12 nitrogen and oxygen atoms in total. The van der Waals surface area contributed by atoms with Crippen molar-refractivity contribution in [3.8, 4) is 17.1 Å². The second kappa shape index (κ2) is 16.4. The molecule has 0 radical (unpaired) electrons. The highest BCUT2D eigenvalue weighted by atomic mass is 19.4. The SMILES string of the molecule is O=C(O)C(F)(F)F.O=C(O)C(F)(F)F.O=C(O)C(F)(F)F.c1cc(N2CCOCC2)ncc1-c1ccc2c(n1)OCCNC2. The van der Waals surface area contributed by atoms with Gasteiger partial charge >= 0.3 is 36.4 Å². The molecule has 2 aromatic rings. The van der Waals surface area contributed by atoms with Gasteiger partial charge in [0.1, 0.15) is 12.4 Å². The zero-order chi connectivity index (χ0) is 33.7. The molecule has 0 aromatic carbocycles. The third kappa shape index (κ3) is 13.7. The van der Waals surface area contributed by atoms with Gasteiger partial charge in [-0.15, -0.1) is 0 Å². The van der Waals surface area contributed by atoms with E-state index in [-0.39, 0.29) is 0 Å². The maximum absolute atomic E-state index is 10.6. The third-order valence-electron chi connectivity index (χ3n) is 4.88. The molecule has 4 N–H and O–H groups in total. The van der Waals surface area contributed by atoms with Crippen LogP contribution >= 0.6 is 0 Å². The topological polar surface area (TPSA) is 171 Å². The van der Waals surface area contributed by atoms with Crippen LogP contribution in [0.1, 0.15) is 5.56 Å². The Hall–Kier alpha value is -4.40. The number of fused-ring (bicyclic) bond motifs is 1. The van der Waals surface area contributed by atoms with Crippen LogP contribution in [0.15, 0.2) is 30.5 Å². The summed E-state index contributed by atoms with van der Waals surface area (Å²) in [4.78, 5) is 38.2. The Morgan fingerprint density at radius 2 is 1.27 bits per heavy atom. The summed E-state index contributed by atoms with van der Waals surface area (Å²) < 4.78 is 106. The highest BCUT2D eigenvalue weighted by Crippen LogP contribution is 2.25. The lowest BCUT2D eigenvalue weighted by molar-refractivity contribution is -0.193. The summed E-state index contributed by atoms with van der Waals surface area (Å²) in [6, 6.07) is 8.23. The summed E-state index contributed by atoms with van der Waals surface area (Å²) in [5, 5.41) is 24.7. The van der Waals surface area contributed by atoms with Crippen molar-refractivity contribution in [1.29, 1.82) is 0 Å². The van der Waals surface area contributed by atoms with Gasteiger partial charge in [-0.3, -0.25) is 0 Å². The number of morpholine rings is 1. The summed E-state index contributed by atoms with van der Waals surface area (Å²) in [6.07, 6.45) is -13.4. The maximum Gasteiger partial charge on any atom is 0.490 e. The smallest absolute Gasteiger partial charge is 0.476 e. The summed E-state index contributed by atoms with van der Waals surface area (Å²) >= 11 is 0. The van der Waals surface area contributed by atoms with Gasteiger partial charge in [-0.05, 0) is 18.2 Å². The van der Waals surface area contributed by atoms with Gasteiger partial charge in [0, 0.05) is 43.5 Å². The number of nitrogens with one attached hydrogen (secondary N) is 1. The fourth-order valence-corrected chi connectivity index (χ4v) is 2.85. The van der Waals surface area contributed by atoms with E-state index in [0.29, 0.717) is 6.61 Å². The van der Waals surface area contributed by atoms with E-state index in [4.69, 9.17) is 39.2 Å². The van der Waals surface area contributed by atoms with Crippen LogP contribution in [0.25, 0.3) is 11.3 Å². The quantitative estimate of drug-likeness (QED) is 0.349. The van der Waals surface area contributed by atoms with Crippen molar-refractivity contribution in [2.75, 3.05) is 44.4 Å². The van der Waals surface area contributed by atoms with E-state index in [0.717, 1.165) is 67.9 Å². The van der Waals surface area contributed by atoms with E-state index in [2.05, 4.69) is 38.4 Å². The fraction of sp³-hybridized carbons (Fsp3) is 0.435. The number of carbonyl (C=O) groups is 3. The van der Waals surface area contributed by atoms with Crippen LogP contribution in [0.5, 0.6) is 5.88 Å². The highest BCUT2D eigenvalue weighted by Gasteiger charge is 2.39. The number of halogens is 9. The number of pyridine rings is 2. The van der Waals surface area contributed by atoms with Crippen molar-refractivity contribution in [2.45, 2.75) is 25.1 Å². The van der Waals surface area contributed by atoms with Gasteiger partial charge in [-0.2, -0.15) is 39.5 Å². The number of alkyl halides is 9. The highest BCUT2D eigenvalue weighted by molar-refractivity contribution is 5.73. The van der Waals surface area contributed by atoms with Crippen LogP contribution in [0.3, 0.4) is 0 Å². The predicted molar refractivity (Wildman–Crippen MR) is 129 cm³/mol. The van der Waals surface area contributed by atoms with Crippen LogP contribution in [-0.2, 0) is 25.7 Å². The molecule has 2 aliphatic heterocycles. The first kappa shape index (κ1) is 37.6. The molecular weight excluding hydrogens is 631 g/mol. The standard InChI is InChI=1S/C17H20N4O2.3C2HF3O2/c1-3-15(20-17-14(1)11-18-5-8-23-17)13-2-4-16(19-12-13)21-6-9-22-10-7-21;3*3-2(4,5)1(6)7/h1-4,12,18H,5-11H2;3*(H,6,7). The lowest BCUT2D eigenvalue weighted by Gasteiger charge is -2.27. The number of ether oxygens (including phenoxy) is 2. The minimum atomic E-state index is -5.08. The second-order valence-electron chi connectivity index (χ2n) is 8.10. The molecule has 4 heterocycles. The van der Waals surface area contributed by atoms with Crippen molar-refractivity contribution >= 4 is 23.7 Å². The number of carboxylic acids is 3. The summed E-state index contributed by atoms with van der Waals surface area (Å²) in [5.74, 6) is -6.55.